The zero-order valence-electron chi connectivity index (χ0n) is 29.3. The molecular weight excluding hydrogens is 636 g/mol. The molecule has 0 atom stereocenters. The van der Waals surface area contributed by atoms with Crippen molar-refractivity contribution in [1.29, 1.82) is 0 Å². The summed E-state index contributed by atoms with van der Waals surface area (Å²) in [5, 5.41) is 13.3. The first-order valence-corrected chi connectivity index (χ1v) is 17.4. The van der Waals surface area contributed by atoms with E-state index in [1.807, 2.05) is 91.8 Å². The molecule has 6 rings (SSSR count). The molecule has 8 nitrogen and oxygen atoms in total. The van der Waals surface area contributed by atoms with Crippen LogP contribution in [0, 0.1) is 0 Å². The molecule has 0 fully saturated rings. The average Bonchev–Trinajstić information content (AvgIpc) is 3.05. The highest BCUT2D eigenvalue weighted by Crippen LogP contribution is 2.43. The summed E-state index contributed by atoms with van der Waals surface area (Å²) in [7, 11) is 0. The molecule has 254 valence electrons. The third kappa shape index (κ3) is 5.24. The molecule has 0 bridgehead atoms. The maximum Gasteiger partial charge on any atom is 0.268 e. The Hall–Kier alpha value is -4.53. The van der Waals surface area contributed by atoms with Gasteiger partial charge >= 0.3 is 0 Å². The van der Waals surface area contributed by atoms with Crippen LogP contribution in [0.15, 0.2) is 67.9 Å². The van der Waals surface area contributed by atoms with Crippen LogP contribution >= 0.6 is 11.6 Å². The van der Waals surface area contributed by atoms with Crippen molar-refractivity contribution in [1.82, 2.24) is 9.13 Å². The Morgan fingerprint density at radius 2 is 1.16 bits per heavy atom. The van der Waals surface area contributed by atoms with Crippen LogP contribution in [0.1, 0.15) is 101 Å². The van der Waals surface area contributed by atoms with Gasteiger partial charge < -0.3 is 10.8 Å². The van der Waals surface area contributed by atoms with Crippen molar-refractivity contribution in [2.24, 2.45) is 10.7 Å². The van der Waals surface area contributed by atoms with Crippen molar-refractivity contribution in [3.05, 3.63) is 112 Å². The number of rotatable bonds is 8. The molecular formula is C40H43ClN4O4. The van der Waals surface area contributed by atoms with E-state index >= 15 is 0 Å². The van der Waals surface area contributed by atoms with Gasteiger partial charge in [0.05, 0.1) is 44.6 Å². The summed E-state index contributed by atoms with van der Waals surface area (Å²) in [6, 6.07) is 14.8. The number of aromatic nitrogens is 2. The van der Waals surface area contributed by atoms with E-state index in [9.17, 15) is 19.5 Å². The highest BCUT2D eigenvalue weighted by Gasteiger charge is 2.32. The van der Waals surface area contributed by atoms with Crippen LogP contribution in [0.25, 0.3) is 44.0 Å². The summed E-state index contributed by atoms with van der Waals surface area (Å²) < 4.78 is 2.57. The third-order valence-electron chi connectivity index (χ3n) is 9.60. The molecule has 49 heavy (non-hydrogen) atoms. The Kier molecular flexibility index (Phi) is 8.92. The molecule has 0 saturated carbocycles. The van der Waals surface area contributed by atoms with Gasteiger partial charge in [-0.2, -0.15) is 0 Å². The summed E-state index contributed by atoms with van der Waals surface area (Å²) in [5.41, 5.74) is 9.30. The van der Waals surface area contributed by atoms with Gasteiger partial charge in [0.15, 0.2) is 0 Å². The molecule has 2 heterocycles. The van der Waals surface area contributed by atoms with Gasteiger partial charge in [0, 0.05) is 22.9 Å². The Balaban J connectivity index is 1.91. The van der Waals surface area contributed by atoms with Gasteiger partial charge in [0.2, 0.25) is 5.88 Å². The number of hydrogen-bond acceptors (Lipinski definition) is 6. The predicted octanol–water partition coefficient (Wildman–Crippen LogP) is 7.35. The number of aromatic hydroxyl groups is 1. The zero-order valence-corrected chi connectivity index (χ0v) is 30.1. The van der Waals surface area contributed by atoms with Crippen LogP contribution in [-0.2, 0) is 0 Å². The maximum atomic E-state index is 14.9. The Morgan fingerprint density at radius 3 is 1.63 bits per heavy atom. The molecule has 1 aliphatic heterocycles. The van der Waals surface area contributed by atoms with Crippen molar-refractivity contribution in [3.8, 4) is 28.4 Å². The summed E-state index contributed by atoms with van der Waals surface area (Å²) in [4.78, 5) is 49.0. The van der Waals surface area contributed by atoms with Crippen LogP contribution in [0.5, 0.6) is 5.88 Å². The lowest BCUT2D eigenvalue weighted by atomic mass is 9.88. The molecule has 1 aromatic heterocycles. The number of para-hydroxylation sites is 2. The summed E-state index contributed by atoms with van der Waals surface area (Å²) in [5.74, 6) is -0.242. The van der Waals surface area contributed by atoms with Crippen LogP contribution in [0.3, 0.4) is 0 Å². The minimum atomic E-state index is -0.580. The lowest BCUT2D eigenvalue weighted by molar-refractivity contribution is 0.442. The van der Waals surface area contributed by atoms with E-state index in [1.54, 1.807) is 6.07 Å². The highest BCUT2D eigenvalue weighted by atomic mass is 35.5. The molecule has 2 aliphatic rings. The number of hydrogen-bond donors (Lipinski definition) is 2. The van der Waals surface area contributed by atoms with Gasteiger partial charge in [-0.15, -0.1) is 0 Å². The summed E-state index contributed by atoms with van der Waals surface area (Å²) in [6.07, 6.45) is 0. The lowest BCUT2D eigenvalue weighted by Gasteiger charge is -2.25. The van der Waals surface area contributed by atoms with E-state index in [0.29, 0.717) is 11.4 Å². The normalized spacial score (nSPS) is 12.8. The smallest absolute Gasteiger partial charge is 0.268 e. The van der Waals surface area contributed by atoms with Crippen molar-refractivity contribution < 1.29 is 5.11 Å². The van der Waals surface area contributed by atoms with Gasteiger partial charge in [0.1, 0.15) is 0 Å². The van der Waals surface area contributed by atoms with Gasteiger partial charge in [-0.05, 0) is 58.1 Å². The minimum absolute atomic E-state index is 0.0104. The molecule has 0 amide bonds. The largest absolute Gasteiger partial charge is 0.494 e. The monoisotopic (exact) mass is 678 g/mol. The first-order chi connectivity index (χ1) is 23.2. The van der Waals surface area contributed by atoms with E-state index in [2.05, 4.69) is 0 Å². The number of halogens is 1. The quantitative estimate of drug-likeness (QED) is 0.163. The first-order valence-electron chi connectivity index (χ1n) is 17.0. The number of pyridine rings is 2. The SMILES string of the molecule is CC(C)c1cccc(C(C)C)c1-n1c(O)c2cc(Cl)c3c4c2c(c(=NCCN)cc-4c(=O)n(-c2c(C(C)C)cccc2C(C)C)c3=O)c1=O. The van der Waals surface area contributed by atoms with Crippen LogP contribution in [0.2, 0.25) is 5.02 Å². The van der Waals surface area contributed by atoms with Gasteiger partial charge in [0.25, 0.3) is 16.7 Å². The second kappa shape index (κ2) is 12.7. The molecule has 0 saturated heterocycles. The zero-order chi connectivity index (χ0) is 35.6. The standard InChI is InChI=1S/C40H43ClN4O4/c1-19(2)23-11-9-12-24(20(3)4)35(23)44-38(47)28-18-30(43-16-15-42)34-32-27(17-29(41)33(31(28)32)39(44)48)37(46)45(40(34)49)36-25(21(5)6)13-10-14-26(36)22(7)8/h9-14,17-22,46H,15-16,42H2,1-8H3. The average molecular weight is 679 g/mol. The Bertz CT molecular complexity index is 2400. The predicted molar refractivity (Wildman–Crippen MR) is 200 cm³/mol. The molecule has 3 N–H and O–H groups in total. The van der Waals surface area contributed by atoms with Gasteiger partial charge in [-0.1, -0.05) is 103 Å². The highest BCUT2D eigenvalue weighted by molar-refractivity contribution is 6.37. The third-order valence-corrected chi connectivity index (χ3v) is 9.90. The lowest BCUT2D eigenvalue weighted by Crippen LogP contribution is -2.37. The Labute approximate surface area is 290 Å². The molecule has 0 spiro atoms. The second-order valence-corrected chi connectivity index (χ2v) is 14.5. The molecule has 3 aromatic carbocycles. The number of nitrogens with zero attached hydrogens (tertiary/aromatic N) is 3. The Morgan fingerprint density at radius 1 is 0.694 bits per heavy atom. The fourth-order valence-electron chi connectivity index (χ4n) is 7.27. The first kappa shape index (κ1) is 34.3. The topological polar surface area (TPSA) is 120 Å². The minimum Gasteiger partial charge on any atom is -0.494 e. The van der Waals surface area contributed by atoms with E-state index < -0.39 is 16.7 Å². The second-order valence-electron chi connectivity index (χ2n) is 14.1. The van der Waals surface area contributed by atoms with E-state index in [4.69, 9.17) is 22.3 Å². The van der Waals surface area contributed by atoms with Gasteiger partial charge in [-0.25, -0.2) is 9.13 Å². The van der Waals surface area contributed by atoms with E-state index in [-0.39, 0.29) is 85.7 Å². The van der Waals surface area contributed by atoms with Crippen molar-refractivity contribution in [3.63, 3.8) is 0 Å². The van der Waals surface area contributed by atoms with E-state index in [0.717, 1.165) is 22.3 Å². The molecule has 4 aromatic rings. The summed E-state index contributed by atoms with van der Waals surface area (Å²) >= 11 is 7.03. The van der Waals surface area contributed by atoms with Crippen molar-refractivity contribution in [2.45, 2.75) is 79.1 Å². The fraction of sp³-hybridized carbons (Fsp3) is 0.350. The fourth-order valence-corrected chi connectivity index (χ4v) is 7.56. The van der Waals surface area contributed by atoms with Crippen LogP contribution in [0.4, 0.5) is 0 Å². The van der Waals surface area contributed by atoms with Gasteiger partial charge in [-0.3, -0.25) is 19.4 Å². The van der Waals surface area contributed by atoms with Crippen LogP contribution < -0.4 is 27.8 Å². The number of nitrogens with two attached hydrogens (primary N) is 1. The molecule has 1 aliphatic carbocycles. The van der Waals surface area contributed by atoms with Crippen molar-refractivity contribution in [2.75, 3.05) is 13.1 Å². The van der Waals surface area contributed by atoms with E-state index in [1.165, 1.54) is 15.2 Å². The molecule has 9 heteroatoms. The van der Waals surface area contributed by atoms with Crippen LogP contribution in [-0.4, -0.2) is 27.3 Å². The molecule has 0 unspecified atom stereocenters. The maximum absolute atomic E-state index is 14.9. The molecule has 0 radical (unpaired) electrons. The summed E-state index contributed by atoms with van der Waals surface area (Å²) in [6.45, 7) is 16.7. The number of benzene rings is 4. The van der Waals surface area contributed by atoms with Crippen molar-refractivity contribution >= 4 is 33.1 Å².